The molecular formula is C17H32N4. The Hall–Kier alpha value is -0.870. The normalized spacial score (nSPS) is 22.4. The predicted molar refractivity (Wildman–Crippen MR) is 88.1 cm³/mol. The molecule has 4 heteroatoms. The van der Waals surface area contributed by atoms with Gasteiger partial charge in [0.1, 0.15) is 0 Å². The van der Waals surface area contributed by atoms with Gasteiger partial charge in [0.25, 0.3) is 0 Å². The highest BCUT2D eigenvalue weighted by atomic mass is 15.3. The molecule has 0 saturated carbocycles. The van der Waals surface area contributed by atoms with Crippen LogP contribution in [0.5, 0.6) is 0 Å². The molecule has 2 heterocycles. The van der Waals surface area contributed by atoms with Crippen LogP contribution in [0.4, 0.5) is 0 Å². The van der Waals surface area contributed by atoms with Gasteiger partial charge in [-0.25, -0.2) is 0 Å². The zero-order chi connectivity index (χ0) is 15.2. The number of hydrogen-bond donors (Lipinski definition) is 1. The van der Waals surface area contributed by atoms with Crippen LogP contribution in [0.25, 0.3) is 0 Å². The van der Waals surface area contributed by atoms with E-state index in [0.29, 0.717) is 12.6 Å². The second kappa shape index (κ2) is 7.95. The molecule has 0 aromatic carbocycles. The molecular weight excluding hydrogens is 260 g/mol. The summed E-state index contributed by atoms with van der Waals surface area (Å²) < 4.78 is 2.05. The van der Waals surface area contributed by atoms with E-state index < -0.39 is 0 Å². The molecule has 120 valence electrons. The van der Waals surface area contributed by atoms with Crippen LogP contribution in [-0.2, 0) is 6.54 Å². The Balaban J connectivity index is 2.02. The summed E-state index contributed by atoms with van der Waals surface area (Å²) in [6.45, 7) is 10.9. The van der Waals surface area contributed by atoms with Gasteiger partial charge in [-0.15, -0.1) is 0 Å². The minimum Gasteiger partial charge on any atom is -0.329 e. The van der Waals surface area contributed by atoms with E-state index in [4.69, 9.17) is 5.73 Å². The molecule has 1 aromatic heterocycles. The molecule has 0 aliphatic carbocycles. The van der Waals surface area contributed by atoms with Crippen molar-refractivity contribution in [3.05, 3.63) is 18.0 Å². The number of nitrogens with two attached hydrogens (primary N) is 1. The van der Waals surface area contributed by atoms with Crippen LogP contribution in [0.2, 0.25) is 0 Å². The third-order valence-electron chi connectivity index (χ3n) is 4.90. The summed E-state index contributed by atoms with van der Waals surface area (Å²) >= 11 is 0. The molecule has 1 aliphatic heterocycles. The lowest BCUT2D eigenvalue weighted by Gasteiger charge is -2.29. The zero-order valence-corrected chi connectivity index (χ0v) is 14.0. The van der Waals surface area contributed by atoms with Crippen LogP contribution in [-0.4, -0.2) is 34.3 Å². The summed E-state index contributed by atoms with van der Waals surface area (Å²) in [6, 6.07) is 0.335. The summed E-state index contributed by atoms with van der Waals surface area (Å²) in [4.78, 5) is 2.58. The van der Waals surface area contributed by atoms with Crippen molar-refractivity contribution >= 4 is 0 Å². The number of aromatic nitrogens is 2. The van der Waals surface area contributed by atoms with E-state index >= 15 is 0 Å². The minimum absolute atomic E-state index is 0.335. The van der Waals surface area contributed by atoms with Gasteiger partial charge in [0, 0.05) is 24.8 Å². The molecule has 1 fully saturated rings. The highest BCUT2D eigenvalue weighted by molar-refractivity contribution is 5.11. The van der Waals surface area contributed by atoms with Crippen LogP contribution in [0.3, 0.4) is 0 Å². The van der Waals surface area contributed by atoms with E-state index in [9.17, 15) is 0 Å². The van der Waals surface area contributed by atoms with Crippen molar-refractivity contribution in [2.24, 2.45) is 17.6 Å². The van der Waals surface area contributed by atoms with Gasteiger partial charge in [-0.05, 0) is 50.6 Å². The van der Waals surface area contributed by atoms with Crippen LogP contribution >= 0.6 is 0 Å². The smallest absolute Gasteiger partial charge is 0.0538 e. The summed E-state index contributed by atoms with van der Waals surface area (Å²) in [5.41, 5.74) is 7.37. The van der Waals surface area contributed by atoms with E-state index in [2.05, 4.69) is 37.0 Å². The molecule has 1 aliphatic rings. The average Bonchev–Trinajstić information content (AvgIpc) is 2.77. The van der Waals surface area contributed by atoms with E-state index in [1.807, 2.05) is 10.9 Å². The van der Waals surface area contributed by atoms with Crippen molar-refractivity contribution < 1.29 is 0 Å². The summed E-state index contributed by atoms with van der Waals surface area (Å²) in [7, 11) is 0. The summed E-state index contributed by atoms with van der Waals surface area (Å²) in [5.74, 6) is 1.67. The molecule has 0 bridgehead atoms. The van der Waals surface area contributed by atoms with Crippen LogP contribution in [0, 0.1) is 11.8 Å². The van der Waals surface area contributed by atoms with Crippen LogP contribution in [0.15, 0.2) is 12.4 Å². The molecule has 4 nitrogen and oxygen atoms in total. The number of hydrogen-bond acceptors (Lipinski definition) is 3. The Bertz CT molecular complexity index is 413. The summed E-state index contributed by atoms with van der Waals surface area (Å²) in [6.07, 6.45) is 9.28. The number of aryl methyl sites for hydroxylation is 1. The molecule has 2 unspecified atom stereocenters. The fourth-order valence-electron chi connectivity index (χ4n) is 3.52. The standard InChI is InChI=1S/C17H32N4/c1-4-8-21-13-16(12-19-21)17(11-18)20-9-5-6-15(7-10-20)14(2)3/h12-15,17H,4-11,18H2,1-3H3. The second-order valence-electron chi connectivity index (χ2n) is 6.76. The Morgan fingerprint density at radius 1 is 1.33 bits per heavy atom. The fourth-order valence-corrected chi connectivity index (χ4v) is 3.52. The van der Waals surface area contributed by atoms with Crippen LogP contribution in [0.1, 0.15) is 58.1 Å². The fraction of sp³-hybridized carbons (Fsp3) is 0.824. The first-order valence-electron chi connectivity index (χ1n) is 8.62. The highest BCUT2D eigenvalue weighted by Gasteiger charge is 2.25. The topological polar surface area (TPSA) is 47.1 Å². The maximum Gasteiger partial charge on any atom is 0.0538 e. The number of rotatable bonds is 6. The molecule has 0 radical (unpaired) electrons. The molecule has 0 spiro atoms. The van der Waals surface area contributed by atoms with E-state index in [1.54, 1.807) is 0 Å². The van der Waals surface area contributed by atoms with Gasteiger partial charge >= 0.3 is 0 Å². The first-order chi connectivity index (χ1) is 10.2. The van der Waals surface area contributed by atoms with Gasteiger partial charge < -0.3 is 5.73 Å². The van der Waals surface area contributed by atoms with Gasteiger partial charge in [0.2, 0.25) is 0 Å². The molecule has 1 saturated heterocycles. The molecule has 2 N–H and O–H groups in total. The first kappa shape index (κ1) is 16.5. The van der Waals surface area contributed by atoms with Gasteiger partial charge in [0.05, 0.1) is 12.2 Å². The van der Waals surface area contributed by atoms with E-state index in [-0.39, 0.29) is 0 Å². The Labute approximate surface area is 129 Å². The molecule has 1 aromatic rings. The lowest BCUT2D eigenvalue weighted by atomic mass is 9.89. The lowest BCUT2D eigenvalue weighted by molar-refractivity contribution is 0.204. The lowest BCUT2D eigenvalue weighted by Crippen LogP contribution is -2.34. The van der Waals surface area contributed by atoms with Crippen molar-refractivity contribution in [2.45, 2.75) is 59.0 Å². The highest BCUT2D eigenvalue weighted by Crippen LogP contribution is 2.28. The maximum absolute atomic E-state index is 6.09. The van der Waals surface area contributed by atoms with E-state index in [1.165, 1.54) is 37.9 Å². The average molecular weight is 292 g/mol. The SMILES string of the molecule is CCCn1cc(C(CN)N2CCCC(C(C)C)CC2)cn1. The predicted octanol–water partition coefficient (Wildman–Crippen LogP) is 3.05. The third kappa shape index (κ3) is 4.30. The van der Waals surface area contributed by atoms with Crippen molar-refractivity contribution in [1.82, 2.24) is 14.7 Å². The monoisotopic (exact) mass is 292 g/mol. The minimum atomic E-state index is 0.335. The molecule has 0 amide bonds. The number of nitrogens with zero attached hydrogens (tertiary/aromatic N) is 3. The van der Waals surface area contributed by atoms with Gasteiger partial charge in [-0.3, -0.25) is 9.58 Å². The zero-order valence-electron chi connectivity index (χ0n) is 14.0. The largest absolute Gasteiger partial charge is 0.329 e. The molecule has 2 rings (SSSR count). The quantitative estimate of drug-likeness (QED) is 0.876. The maximum atomic E-state index is 6.09. The Kier molecular flexibility index (Phi) is 6.24. The van der Waals surface area contributed by atoms with Gasteiger partial charge in [-0.1, -0.05) is 20.8 Å². The van der Waals surface area contributed by atoms with Crippen molar-refractivity contribution in [3.8, 4) is 0 Å². The Morgan fingerprint density at radius 3 is 2.81 bits per heavy atom. The van der Waals surface area contributed by atoms with E-state index in [0.717, 1.165) is 24.8 Å². The number of likely N-dealkylation sites (tertiary alicyclic amines) is 1. The van der Waals surface area contributed by atoms with Gasteiger partial charge in [0.15, 0.2) is 0 Å². The second-order valence-corrected chi connectivity index (χ2v) is 6.76. The molecule has 21 heavy (non-hydrogen) atoms. The molecule has 2 atom stereocenters. The third-order valence-corrected chi connectivity index (χ3v) is 4.90. The van der Waals surface area contributed by atoms with Gasteiger partial charge in [-0.2, -0.15) is 5.10 Å². The first-order valence-corrected chi connectivity index (χ1v) is 8.62. The summed E-state index contributed by atoms with van der Waals surface area (Å²) in [5, 5.41) is 4.47. The van der Waals surface area contributed by atoms with Crippen molar-refractivity contribution in [1.29, 1.82) is 0 Å². The van der Waals surface area contributed by atoms with Crippen molar-refractivity contribution in [3.63, 3.8) is 0 Å². The Morgan fingerprint density at radius 2 is 2.14 bits per heavy atom. The van der Waals surface area contributed by atoms with Crippen LogP contribution < -0.4 is 5.73 Å². The van der Waals surface area contributed by atoms with Crippen molar-refractivity contribution in [2.75, 3.05) is 19.6 Å².